The summed E-state index contributed by atoms with van der Waals surface area (Å²) < 4.78 is 8.81. The molecule has 6 nitrogen and oxygen atoms in total. The lowest BCUT2D eigenvalue weighted by Crippen LogP contribution is -2.21. The molecular weight excluding hydrogens is 360 g/mol. The second kappa shape index (κ2) is 7.44. The fourth-order valence-electron chi connectivity index (χ4n) is 3.04. The number of hydrogen-bond acceptors (Lipinski definition) is 5. The van der Waals surface area contributed by atoms with E-state index in [1.807, 2.05) is 52.9 Å². The fourth-order valence-corrected chi connectivity index (χ4v) is 4.07. The minimum absolute atomic E-state index is 0.110. The van der Waals surface area contributed by atoms with E-state index in [0.29, 0.717) is 11.2 Å². The van der Waals surface area contributed by atoms with E-state index in [1.54, 1.807) is 23.4 Å². The summed E-state index contributed by atoms with van der Waals surface area (Å²) in [6.45, 7) is 2.17. The molecular formula is C20H20N4O2S. The number of nitrogens with zero attached hydrogens (tertiary/aromatic N) is 4. The van der Waals surface area contributed by atoms with Crippen LogP contribution >= 0.6 is 11.8 Å². The van der Waals surface area contributed by atoms with Gasteiger partial charge in [0.05, 0.1) is 23.7 Å². The van der Waals surface area contributed by atoms with Crippen LogP contribution in [0.4, 0.5) is 0 Å². The zero-order valence-corrected chi connectivity index (χ0v) is 16.1. The zero-order chi connectivity index (χ0) is 18.8. The molecule has 0 fully saturated rings. The second-order valence-electron chi connectivity index (χ2n) is 6.18. The van der Waals surface area contributed by atoms with Gasteiger partial charge in [0.2, 0.25) is 5.78 Å². The first kappa shape index (κ1) is 17.6. The van der Waals surface area contributed by atoms with E-state index >= 15 is 0 Å². The number of methoxy groups -OCH3 is 1. The summed E-state index contributed by atoms with van der Waals surface area (Å²) in [5.41, 5.74) is 1.45. The standard InChI is InChI=1S/C20H20N4O2S/c1-3-4-13-27-20-22-21-19-23(14-9-11-15(26-2)12-10-14)18(25)16-7-5-6-8-17(16)24(19)20/h5-12H,3-4,13H2,1-2H3. The summed E-state index contributed by atoms with van der Waals surface area (Å²) in [4.78, 5) is 13.2. The van der Waals surface area contributed by atoms with Crippen LogP contribution in [0.5, 0.6) is 5.75 Å². The van der Waals surface area contributed by atoms with Crippen LogP contribution in [-0.4, -0.2) is 32.0 Å². The number of para-hydroxylation sites is 1. The molecule has 4 rings (SSSR count). The topological polar surface area (TPSA) is 61.4 Å². The Morgan fingerprint density at radius 3 is 2.59 bits per heavy atom. The maximum Gasteiger partial charge on any atom is 0.267 e. The fraction of sp³-hybridized carbons (Fsp3) is 0.250. The molecule has 2 heterocycles. The van der Waals surface area contributed by atoms with Crippen molar-refractivity contribution in [2.75, 3.05) is 12.9 Å². The Morgan fingerprint density at radius 1 is 1.07 bits per heavy atom. The molecule has 27 heavy (non-hydrogen) atoms. The summed E-state index contributed by atoms with van der Waals surface area (Å²) >= 11 is 1.67. The van der Waals surface area contributed by atoms with Gasteiger partial charge in [-0.15, -0.1) is 10.2 Å². The first-order valence-corrected chi connectivity index (χ1v) is 9.89. The SMILES string of the molecule is CCCCSc1nnc2n(-c3ccc(OC)cc3)c(=O)c3ccccc3n12. The minimum Gasteiger partial charge on any atom is -0.497 e. The van der Waals surface area contributed by atoms with E-state index < -0.39 is 0 Å². The molecule has 0 saturated heterocycles. The first-order valence-electron chi connectivity index (χ1n) is 8.90. The van der Waals surface area contributed by atoms with E-state index in [0.717, 1.165) is 40.7 Å². The Morgan fingerprint density at radius 2 is 1.85 bits per heavy atom. The van der Waals surface area contributed by atoms with Crippen LogP contribution in [0, 0.1) is 0 Å². The summed E-state index contributed by atoms with van der Waals surface area (Å²) in [6, 6.07) is 15.0. The first-order chi connectivity index (χ1) is 13.2. The van der Waals surface area contributed by atoms with E-state index in [9.17, 15) is 4.79 Å². The van der Waals surface area contributed by atoms with E-state index in [-0.39, 0.29) is 5.56 Å². The molecule has 0 saturated carbocycles. The highest BCUT2D eigenvalue weighted by Crippen LogP contribution is 2.24. The van der Waals surface area contributed by atoms with Crippen molar-refractivity contribution in [2.45, 2.75) is 24.9 Å². The van der Waals surface area contributed by atoms with Gasteiger partial charge in [0.1, 0.15) is 5.75 Å². The van der Waals surface area contributed by atoms with Gasteiger partial charge in [-0.3, -0.25) is 9.20 Å². The molecule has 0 bridgehead atoms. The molecule has 0 amide bonds. The molecule has 0 aliphatic rings. The highest BCUT2D eigenvalue weighted by atomic mass is 32.2. The Kier molecular flexibility index (Phi) is 4.85. The average molecular weight is 380 g/mol. The van der Waals surface area contributed by atoms with Gasteiger partial charge in [-0.05, 0) is 42.8 Å². The van der Waals surface area contributed by atoms with Gasteiger partial charge in [0.15, 0.2) is 5.16 Å². The lowest BCUT2D eigenvalue weighted by Gasteiger charge is -2.11. The van der Waals surface area contributed by atoms with Crippen molar-refractivity contribution in [3.63, 3.8) is 0 Å². The summed E-state index contributed by atoms with van der Waals surface area (Å²) in [6.07, 6.45) is 2.23. The van der Waals surface area contributed by atoms with Crippen LogP contribution < -0.4 is 10.3 Å². The highest BCUT2D eigenvalue weighted by Gasteiger charge is 2.17. The van der Waals surface area contributed by atoms with Crippen molar-refractivity contribution in [2.24, 2.45) is 0 Å². The van der Waals surface area contributed by atoms with Gasteiger partial charge < -0.3 is 4.74 Å². The maximum atomic E-state index is 13.2. The number of hydrogen-bond donors (Lipinski definition) is 0. The Bertz CT molecular complexity index is 1150. The molecule has 0 aliphatic carbocycles. The zero-order valence-electron chi connectivity index (χ0n) is 15.3. The van der Waals surface area contributed by atoms with Gasteiger partial charge in [0.25, 0.3) is 5.56 Å². The molecule has 0 atom stereocenters. The van der Waals surface area contributed by atoms with Gasteiger partial charge >= 0.3 is 0 Å². The van der Waals surface area contributed by atoms with Crippen molar-refractivity contribution in [1.29, 1.82) is 0 Å². The molecule has 138 valence electrons. The molecule has 2 aromatic carbocycles. The van der Waals surface area contributed by atoms with Crippen molar-refractivity contribution in [1.82, 2.24) is 19.2 Å². The van der Waals surface area contributed by atoms with Crippen LogP contribution in [0.1, 0.15) is 19.8 Å². The Labute approximate surface area is 160 Å². The second-order valence-corrected chi connectivity index (χ2v) is 7.24. The highest BCUT2D eigenvalue weighted by molar-refractivity contribution is 7.99. The monoisotopic (exact) mass is 380 g/mol. The summed E-state index contributed by atoms with van der Waals surface area (Å²) in [5, 5.41) is 10.2. The summed E-state index contributed by atoms with van der Waals surface area (Å²) in [5.74, 6) is 2.22. The van der Waals surface area contributed by atoms with Crippen LogP contribution in [0.2, 0.25) is 0 Å². The largest absolute Gasteiger partial charge is 0.497 e. The quantitative estimate of drug-likeness (QED) is 0.375. The number of fused-ring (bicyclic) bond motifs is 3. The number of unbranched alkanes of at least 4 members (excludes halogenated alkanes) is 1. The third-order valence-electron chi connectivity index (χ3n) is 4.45. The maximum absolute atomic E-state index is 13.2. The smallest absolute Gasteiger partial charge is 0.267 e. The summed E-state index contributed by atoms with van der Waals surface area (Å²) in [7, 11) is 1.62. The molecule has 0 N–H and O–H groups in total. The molecule has 0 spiro atoms. The number of benzene rings is 2. The predicted octanol–water partition coefficient (Wildman–Crippen LogP) is 3.93. The van der Waals surface area contributed by atoms with E-state index in [1.165, 1.54) is 0 Å². The van der Waals surface area contributed by atoms with Crippen LogP contribution in [-0.2, 0) is 0 Å². The van der Waals surface area contributed by atoms with Crippen LogP contribution in [0.3, 0.4) is 0 Å². The third-order valence-corrected chi connectivity index (χ3v) is 5.47. The van der Waals surface area contributed by atoms with Gasteiger partial charge in [-0.1, -0.05) is 37.2 Å². The molecule has 4 aromatic rings. The number of ether oxygens (including phenoxy) is 1. The van der Waals surface area contributed by atoms with Crippen molar-refractivity contribution in [3.8, 4) is 11.4 Å². The van der Waals surface area contributed by atoms with Gasteiger partial charge in [-0.2, -0.15) is 0 Å². The molecule has 0 radical (unpaired) electrons. The lowest BCUT2D eigenvalue weighted by atomic mass is 10.2. The molecule has 2 aromatic heterocycles. The van der Waals surface area contributed by atoms with Gasteiger partial charge in [-0.25, -0.2) is 4.57 Å². The van der Waals surface area contributed by atoms with E-state index in [4.69, 9.17) is 4.74 Å². The van der Waals surface area contributed by atoms with Crippen LogP contribution in [0.25, 0.3) is 22.4 Å². The lowest BCUT2D eigenvalue weighted by molar-refractivity contribution is 0.414. The normalized spacial score (nSPS) is 11.3. The van der Waals surface area contributed by atoms with Crippen molar-refractivity contribution in [3.05, 3.63) is 58.9 Å². The third kappa shape index (κ3) is 3.08. The van der Waals surface area contributed by atoms with Crippen molar-refractivity contribution >= 4 is 28.4 Å². The number of aromatic nitrogens is 4. The number of thioether (sulfide) groups is 1. The van der Waals surface area contributed by atoms with E-state index in [2.05, 4.69) is 17.1 Å². The Hall–Kier alpha value is -2.80. The number of rotatable bonds is 6. The van der Waals surface area contributed by atoms with Crippen molar-refractivity contribution < 1.29 is 4.74 Å². The molecule has 7 heteroatoms. The van der Waals surface area contributed by atoms with Gasteiger partial charge in [0, 0.05) is 5.75 Å². The molecule has 0 aliphatic heterocycles. The van der Waals surface area contributed by atoms with Crippen LogP contribution in [0.15, 0.2) is 58.5 Å². The Balaban J connectivity index is 1.99. The average Bonchev–Trinajstić information content (AvgIpc) is 3.13. The predicted molar refractivity (Wildman–Crippen MR) is 108 cm³/mol. The minimum atomic E-state index is -0.110. The molecule has 0 unspecified atom stereocenters.